The summed E-state index contributed by atoms with van der Waals surface area (Å²) in [4.78, 5) is 10.2. The Balaban J connectivity index is 4.49. The van der Waals surface area contributed by atoms with Crippen LogP contribution < -0.4 is 17.2 Å². The minimum atomic E-state index is -2.89. The summed E-state index contributed by atoms with van der Waals surface area (Å²) in [5, 5.41) is 2.89. The summed E-state index contributed by atoms with van der Waals surface area (Å²) in [7, 11) is 0. The van der Waals surface area contributed by atoms with E-state index in [2.05, 4.69) is 10.8 Å². The number of hydrazone groups is 1. The molecule has 0 saturated heterocycles. The number of amides is 2. The number of nitrogens with zero attached hydrogens (tertiary/aromatic N) is 2. The van der Waals surface area contributed by atoms with E-state index in [4.69, 9.17) is 11.5 Å². The molecule has 0 aromatic carbocycles. The maximum Gasteiger partial charge on any atom is 0.347 e. The van der Waals surface area contributed by atoms with Crippen molar-refractivity contribution in [3.8, 4) is 0 Å². The van der Waals surface area contributed by atoms with E-state index in [1.807, 2.05) is 0 Å². The molecule has 9 heteroatoms. The highest BCUT2D eigenvalue weighted by Crippen LogP contribution is 1.90. The quantitative estimate of drug-likeness (QED) is 0.183. The highest BCUT2D eigenvalue weighted by Gasteiger charge is 2.07. The highest BCUT2D eigenvalue weighted by atomic mass is 32.2. The molecule has 0 rings (SSSR count). The molecule has 64 valence electrons. The predicted molar refractivity (Wildman–Crippen MR) is 36.2 cm³/mol. The average Bonchev–Trinajstić information content (AvgIpc) is 1.81. The smallest absolute Gasteiger partial charge is 0.347 e. The lowest BCUT2D eigenvalue weighted by molar-refractivity contribution is 0.232. The molecule has 8 nitrogen and oxygen atoms in total. The van der Waals surface area contributed by atoms with Crippen molar-refractivity contribution in [3.05, 3.63) is 0 Å². The SMILES string of the molecule is NC(=O)N(N=C(N)N)S(=O)[O-]. The highest BCUT2D eigenvalue weighted by molar-refractivity contribution is 7.77. The minimum Gasteiger partial charge on any atom is -0.754 e. The van der Waals surface area contributed by atoms with E-state index in [9.17, 15) is 13.6 Å². The van der Waals surface area contributed by atoms with Gasteiger partial charge in [-0.2, -0.15) is 0 Å². The van der Waals surface area contributed by atoms with Crippen molar-refractivity contribution >= 4 is 23.3 Å². The van der Waals surface area contributed by atoms with Crippen LogP contribution in [0.4, 0.5) is 4.79 Å². The van der Waals surface area contributed by atoms with Gasteiger partial charge in [0.25, 0.3) is 0 Å². The molecule has 0 aliphatic rings. The van der Waals surface area contributed by atoms with E-state index in [1.54, 1.807) is 0 Å². The third kappa shape index (κ3) is 3.37. The van der Waals surface area contributed by atoms with Gasteiger partial charge >= 0.3 is 6.03 Å². The fraction of sp³-hybridized carbons (Fsp3) is 0. The second-order valence-corrected chi connectivity index (χ2v) is 2.13. The van der Waals surface area contributed by atoms with E-state index < -0.39 is 23.3 Å². The maximum atomic E-state index is 10.2. The molecule has 0 aliphatic carbocycles. The molecule has 11 heavy (non-hydrogen) atoms. The number of guanidine groups is 1. The van der Waals surface area contributed by atoms with Gasteiger partial charge in [0, 0.05) is 0 Å². The normalized spacial score (nSPS) is 11.7. The van der Waals surface area contributed by atoms with Crippen LogP contribution in [0.1, 0.15) is 0 Å². The summed E-state index contributed by atoms with van der Waals surface area (Å²) in [6.45, 7) is 0. The number of hydrogen-bond acceptors (Lipinski definition) is 4. The lowest BCUT2D eigenvalue weighted by atomic mass is 11.1. The molecule has 0 radical (unpaired) electrons. The number of rotatable bonds is 2. The Labute approximate surface area is 64.4 Å². The summed E-state index contributed by atoms with van der Waals surface area (Å²) in [6, 6.07) is -1.29. The van der Waals surface area contributed by atoms with Gasteiger partial charge in [-0.3, -0.25) is 0 Å². The Bertz CT molecular complexity index is 196. The van der Waals surface area contributed by atoms with Crippen LogP contribution in [0.25, 0.3) is 0 Å². The Morgan fingerprint density at radius 3 is 2.00 bits per heavy atom. The van der Waals surface area contributed by atoms with E-state index in [0.717, 1.165) is 0 Å². The van der Waals surface area contributed by atoms with Gasteiger partial charge in [-0.15, -0.1) is 9.52 Å². The van der Waals surface area contributed by atoms with Crippen LogP contribution in [0.5, 0.6) is 0 Å². The van der Waals surface area contributed by atoms with Gasteiger partial charge < -0.3 is 21.8 Å². The molecule has 6 N–H and O–H groups in total. The Morgan fingerprint density at radius 2 is 1.91 bits per heavy atom. The topological polar surface area (TPSA) is 151 Å². The third-order valence-corrected chi connectivity index (χ3v) is 1.08. The van der Waals surface area contributed by atoms with Crippen molar-refractivity contribution in [2.75, 3.05) is 0 Å². The first-order valence-corrected chi connectivity index (χ1v) is 3.27. The monoisotopic (exact) mass is 180 g/mol. The molecule has 0 aliphatic heterocycles. The molecule has 0 spiro atoms. The molecular weight excluding hydrogens is 174 g/mol. The van der Waals surface area contributed by atoms with Crippen LogP contribution >= 0.6 is 0 Å². The zero-order valence-corrected chi connectivity index (χ0v) is 6.08. The molecule has 0 saturated carbocycles. The molecule has 0 aromatic rings. The molecule has 0 aromatic heterocycles. The summed E-state index contributed by atoms with van der Waals surface area (Å²) in [5.41, 5.74) is 14.1. The average molecular weight is 180 g/mol. The third-order valence-electron chi connectivity index (χ3n) is 0.536. The molecule has 0 heterocycles. The molecule has 0 fully saturated rings. The van der Waals surface area contributed by atoms with E-state index in [0.29, 0.717) is 0 Å². The lowest BCUT2D eigenvalue weighted by Crippen LogP contribution is -2.37. The van der Waals surface area contributed by atoms with Gasteiger partial charge in [-0.25, -0.2) is 9.00 Å². The van der Waals surface area contributed by atoms with Crippen LogP contribution in [0.15, 0.2) is 5.10 Å². The number of urea groups is 1. The van der Waals surface area contributed by atoms with Crippen molar-refractivity contribution in [1.82, 2.24) is 4.41 Å². The second-order valence-electron chi connectivity index (χ2n) is 1.35. The zero-order valence-electron chi connectivity index (χ0n) is 5.26. The van der Waals surface area contributed by atoms with Gasteiger partial charge in [0.05, 0.1) is 11.3 Å². The lowest BCUT2D eigenvalue weighted by Gasteiger charge is -2.15. The first-order chi connectivity index (χ1) is 4.95. The van der Waals surface area contributed by atoms with E-state index in [-0.39, 0.29) is 4.41 Å². The number of hydrogen-bond donors (Lipinski definition) is 3. The summed E-state index contributed by atoms with van der Waals surface area (Å²) >= 11 is -2.89. The number of primary amides is 1. The zero-order chi connectivity index (χ0) is 9.02. The van der Waals surface area contributed by atoms with Gasteiger partial charge in [0.1, 0.15) is 0 Å². The van der Waals surface area contributed by atoms with Crippen molar-refractivity contribution in [3.63, 3.8) is 0 Å². The summed E-state index contributed by atoms with van der Waals surface area (Å²) in [6.07, 6.45) is 0. The molecular formula is C2H6N5O3S-. The first kappa shape index (κ1) is 9.65. The fourth-order valence-electron chi connectivity index (χ4n) is 0.261. The van der Waals surface area contributed by atoms with Crippen LogP contribution in [0.3, 0.4) is 0 Å². The van der Waals surface area contributed by atoms with Crippen LogP contribution in [-0.4, -0.2) is 25.2 Å². The predicted octanol–water partition coefficient (Wildman–Crippen LogP) is -2.65. The number of carbonyl (C=O) groups is 1. The van der Waals surface area contributed by atoms with Crippen LogP contribution in [-0.2, 0) is 11.3 Å². The molecule has 0 bridgehead atoms. The van der Waals surface area contributed by atoms with Crippen molar-refractivity contribution in [1.29, 1.82) is 0 Å². The largest absolute Gasteiger partial charge is 0.754 e. The van der Waals surface area contributed by atoms with E-state index in [1.165, 1.54) is 0 Å². The Kier molecular flexibility index (Phi) is 3.27. The standard InChI is InChI=1S/C2H7N5O3S/c3-1(4)6-7(2(5)8)11(9)10/h(H2,5,8)(H,9,10)(H4,3,4,6)/p-1. The van der Waals surface area contributed by atoms with Gasteiger partial charge in [-0.05, 0) is 0 Å². The minimum absolute atomic E-state index is 0.0741. The van der Waals surface area contributed by atoms with Gasteiger partial charge in [0.2, 0.25) is 5.96 Å². The van der Waals surface area contributed by atoms with Gasteiger partial charge in [0.15, 0.2) is 0 Å². The second kappa shape index (κ2) is 3.73. The number of carbonyl (C=O) groups excluding carboxylic acids is 1. The summed E-state index contributed by atoms with van der Waals surface area (Å²) < 4.78 is 20.1. The maximum absolute atomic E-state index is 10.2. The van der Waals surface area contributed by atoms with Gasteiger partial charge in [-0.1, -0.05) is 0 Å². The number of nitrogens with two attached hydrogens (primary N) is 3. The van der Waals surface area contributed by atoms with Crippen molar-refractivity contribution < 1.29 is 13.6 Å². The molecule has 2 amide bonds. The summed E-state index contributed by atoms with van der Waals surface area (Å²) in [5.74, 6) is -0.576. The van der Waals surface area contributed by atoms with E-state index >= 15 is 0 Å². The van der Waals surface area contributed by atoms with Crippen LogP contribution in [0, 0.1) is 0 Å². The van der Waals surface area contributed by atoms with Crippen molar-refractivity contribution in [2.45, 2.75) is 0 Å². The van der Waals surface area contributed by atoms with Crippen molar-refractivity contribution in [2.24, 2.45) is 22.3 Å². The molecule has 1 atom stereocenters. The first-order valence-electron chi connectivity index (χ1n) is 2.23. The molecule has 1 unspecified atom stereocenters. The fourth-order valence-corrected chi connectivity index (χ4v) is 0.569. The Morgan fingerprint density at radius 1 is 1.45 bits per heavy atom. The van der Waals surface area contributed by atoms with Crippen LogP contribution in [0.2, 0.25) is 0 Å². The Hall–Kier alpha value is -1.35.